The zero-order valence-corrected chi connectivity index (χ0v) is 7.42. The molecule has 0 aliphatic carbocycles. The molecule has 0 N–H and O–H groups in total. The maximum Gasteiger partial charge on any atom is 0.453 e. The smallest absolute Gasteiger partial charge is 0.160 e. The van der Waals surface area contributed by atoms with Gasteiger partial charge in [-0.3, -0.25) is 0 Å². The first-order valence-electron chi connectivity index (χ1n) is 2.64. The molecule has 0 atom stereocenters. The molecular formula is C5H2F6S2. The third-order valence-electron chi connectivity index (χ3n) is 0.547. The van der Waals surface area contributed by atoms with Gasteiger partial charge in [-0.1, -0.05) is 5.92 Å². The molecule has 0 heterocycles. The lowest BCUT2D eigenvalue weighted by molar-refractivity contribution is -0.0330. The van der Waals surface area contributed by atoms with Gasteiger partial charge in [-0.15, -0.1) is 0 Å². The van der Waals surface area contributed by atoms with Gasteiger partial charge in [0.1, 0.15) is 0 Å². The van der Waals surface area contributed by atoms with Gasteiger partial charge >= 0.3 is 11.0 Å². The molecule has 0 spiro atoms. The first-order chi connectivity index (χ1) is 5.71. The summed E-state index contributed by atoms with van der Waals surface area (Å²) in [6.45, 7) is 0. The number of alkyl halides is 6. The summed E-state index contributed by atoms with van der Waals surface area (Å²) in [5, 5.41) is 1.52. The summed E-state index contributed by atoms with van der Waals surface area (Å²) < 4.78 is 68.2. The lowest BCUT2D eigenvalue weighted by Crippen LogP contribution is -2.00. The first kappa shape index (κ1) is 12.8. The summed E-state index contributed by atoms with van der Waals surface area (Å²) in [5.74, 6) is 1.05. The van der Waals surface area contributed by atoms with Crippen molar-refractivity contribution < 1.29 is 26.3 Å². The lowest BCUT2D eigenvalue weighted by atomic mass is 10.8. The van der Waals surface area contributed by atoms with E-state index in [0.29, 0.717) is 0 Å². The highest BCUT2D eigenvalue weighted by Gasteiger charge is 2.28. The summed E-state index contributed by atoms with van der Waals surface area (Å²) in [6.07, 6.45) is 0. The van der Waals surface area contributed by atoms with Gasteiger partial charge in [0.15, 0.2) is 0 Å². The minimum atomic E-state index is -4.52. The number of rotatable bonds is 1. The maximum atomic E-state index is 11.4. The molecule has 13 heavy (non-hydrogen) atoms. The van der Waals surface area contributed by atoms with Gasteiger partial charge in [-0.2, -0.15) is 26.3 Å². The average molecular weight is 240 g/mol. The fourth-order valence-electron chi connectivity index (χ4n) is 0.241. The molecule has 0 amide bonds. The average Bonchev–Trinajstić information content (AvgIpc) is 1.81. The highest BCUT2D eigenvalue weighted by Crippen LogP contribution is 2.30. The molecule has 0 saturated carbocycles. The Bertz CT molecular complexity index is 206. The number of hydrogen-bond acceptors (Lipinski definition) is 2. The minimum Gasteiger partial charge on any atom is -0.160 e. The van der Waals surface area contributed by atoms with Crippen LogP contribution < -0.4 is 0 Å². The van der Waals surface area contributed by atoms with E-state index < -0.39 is 40.3 Å². The van der Waals surface area contributed by atoms with Crippen LogP contribution >= 0.6 is 23.5 Å². The van der Waals surface area contributed by atoms with Crippen LogP contribution in [0.25, 0.3) is 0 Å². The van der Waals surface area contributed by atoms with Gasteiger partial charge in [0, 0.05) is 11.8 Å². The van der Waals surface area contributed by atoms with Crippen LogP contribution in [0.3, 0.4) is 0 Å². The van der Waals surface area contributed by atoms with Crippen LogP contribution in [-0.4, -0.2) is 16.8 Å². The van der Waals surface area contributed by atoms with Gasteiger partial charge in [-0.05, 0) is 17.0 Å². The van der Waals surface area contributed by atoms with E-state index in [2.05, 4.69) is 0 Å². The van der Waals surface area contributed by atoms with Crippen LogP contribution in [0.4, 0.5) is 26.3 Å². The molecule has 0 radical (unpaired) electrons. The summed E-state index contributed by atoms with van der Waals surface area (Å²) >= 11 is -1.13. The number of thioether (sulfide) groups is 2. The molecule has 0 nitrogen and oxygen atoms in total. The van der Waals surface area contributed by atoms with Crippen molar-refractivity contribution in [1.82, 2.24) is 0 Å². The maximum absolute atomic E-state index is 11.4. The van der Waals surface area contributed by atoms with Crippen molar-refractivity contribution in [2.24, 2.45) is 0 Å². The van der Waals surface area contributed by atoms with E-state index in [1.165, 1.54) is 5.25 Å². The second-order valence-corrected chi connectivity index (χ2v) is 3.47. The summed E-state index contributed by atoms with van der Waals surface area (Å²) in [7, 11) is 0. The Morgan fingerprint density at radius 1 is 0.923 bits per heavy atom. The molecule has 76 valence electrons. The Morgan fingerprint density at radius 2 is 1.46 bits per heavy atom. The van der Waals surface area contributed by atoms with Crippen LogP contribution in [0.1, 0.15) is 0 Å². The van der Waals surface area contributed by atoms with Crippen LogP contribution in [-0.2, 0) is 0 Å². The molecule has 8 heteroatoms. The van der Waals surface area contributed by atoms with Crippen molar-refractivity contribution in [2.75, 3.05) is 5.75 Å². The van der Waals surface area contributed by atoms with Crippen molar-refractivity contribution >= 4 is 23.5 Å². The Morgan fingerprint density at radius 3 is 1.85 bits per heavy atom. The van der Waals surface area contributed by atoms with Crippen LogP contribution in [0.5, 0.6) is 0 Å². The topological polar surface area (TPSA) is 0 Å². The summed E-state index contributed by atoms with van der Waals surface area (Å²) in [6, 6.07) is 0. The first-order valence-corrected chi connectivity index (χ1v) is 4.44. The van der Waals surface area contributed by atoms with Crippen molar-refractivity contribution in [3.8, 4) is 11.2 Å². The molecule has 0 rings (SSSR count). The second-order valence-electron chi connectivity index (χ2n) is 1.56. The van der Waals surface area contributed by atoms with E-state index in [4.69, 9.17) is 0 Å². The van der Waals surface area contributed by atoms with Gasteiger partial charge in [0.05, 0.1) is 5.75 Å². The highest BCUT2D eigenvalue weighted by atomic mass is 32.2. The Kier molecular flexibility index (Phi) is 4.85. The number of halogens is 6. The van der Waals surface area contributed by atoms with Crippen molar-refractivity contribution in [3.63, 3.8) is 0 Å². The van der Waals surface area contributed by atoms with Gasteiger partial charge in [0.25, 0.3) is 0 Å². The second kappa shape index (κ2) is 4.91. The molecule has 0 aromatic rings. The molecule has 0 unspecified atom stereocenters. The lowest BCUT2D eigenvalue weighted by Gasteiger charge is -2.00. The highest BCUT2D eigenvalue weighted by molar-refractivity contribution is 8.04. The third kappa shape index (κ3) is 11.8. The van der Waals surface area contributed by atoms with Gasteiger partial charge < -0.3 is 0 Å². The molecule has 0 aliphatic heterocycles. The van der Waals surface area contributed by atoms with E-state index >= 15 is 0 Å². The fourth-order valence-corrected chi connectivity index (χ4v) is 0.901. The SMILES string of the molecule is FC(F)(F)SC#CCSC(F)(F)F. The van der Waals surface area contributed by atoms with E-state index in [0.717, 1.165) is 0 Å². The molecule has 0 aromatic carbocycles. The van der Waals surface area contributed by atoms with E-state index in [9.17, 15) is 26.3 Å². The predicted molar refractivity (Wildman–Crippen MR) is 39.9 cm³/mol. The van der Waals surface area contributed by atoms with Crippen molar-refractivity contribution in [3.05, 3.63) is 0 Å². The molecule has 0 aromatic heterocycles. The van der Waals surface area contributed by atoms with Gasteiger partial charge in [0.2, 0.25) is 0 Å². The van der Waals surface area contributed by atoms with Gasteiger partial charge in [-0.25, -0.2) is 0 Å². The molecule has 0 aliphatic rings. The van der Waals surface area contributed by atoms with Crippen molar-refractivity contribution in [1.29, 1.82) is 0 Å². The predicted octanol–water partition coefficient (Wildman–Crippen LogP) is 3.45. The zero-order valence-electron chi connectivity index (χ0n) is 5.79. The molecular weight excluding hydrogens is 238 g/mol. The Hall–Kier alpha value is -0.160. The quantitative estimate of drug-likeness (QED) is 0.508. The summed E-state index contributed by atoms with van der Waals surface area (Å²) in [4.78, 5) is 0. The Labute approximate surface area is 78.4 Å². The third-order valence-corrected chi connectivity index (χ3v) is 1.64. The van der Waals surface area contributed by atoms with E-state index in [-0.39, 0.29) is 0 Å². The fraction of sp³-hybridized carbons (Fsp3) is 0.600. The molecule has 0 saturated heterocycles. The van der Waals surface area contributed by atoms with E-state index in [1.807, 2.05) is 0 Å². The zero-order chi connectivity index (χ0) is 10.5. The Balaban J connectivity index is 3.65. The van der Waals surface area contributed by atoms with Crippen LogP contribution in [0, 0.1) is 11.2 Å². The largest absolute Gasteiger partial charge is 0.453 e. The minimum absolute atomic E-state index is 0.470. The van der Waals surface area contributed by atoms with Crippen LogP contribution in [0.15, 0.2) is 0 Å². The monoisotopic (exact) mass is 240 g/mol. The summed E-state index contributed by atoms with van der Waals surface area (Å²) in [5.41, 5.74) is -8.96. The normalized spacial score (nSPS) is 12.2. The molecule has 0 bridgehead atoms. The standard InChI is InChI=1S/C5H2F6S2/c6-4(7,8)12-2-1-3-13-5(9,10)11/h2H2. The molecule has 0 fully saturated rings. The van der Waals surface area contributed by atoms with Crippen molar-refractivity contribution in [2.45, 2.75) is 11.0 Å². The van der Waals surface area contributed by atoms with Crippen LogP contribution in [0.2, 0.25) is 0 Å². The number of hydrogen-bond donors (Lipinski definition) is 0. The van der Waals surface area contributed by atoms with E-state index in [1.54, 1.807) is 5.92 Å².